The number of hydrogen-bond acceptors (Lipinski definition) is 6. The Morgan fingerprint density at radius 1 is 1.33 bits per heavy atom. The summed E-state index contributed by atoms with van der Waals surface area (Å²) in [5.41, 5.74) is 0.216. The lowest BCUT2D eigenvalue weighted by atomic mass is 10.2. The van der Waals surface area contributed by atoms with Gasteiger partial charge in [0.25, 0.3) is 5.69 Å². The molecular weight excluding hydrogens is 386 g/mol. The van der Waals surface area contributed by atoms with Gasteiger partial charge in [-0.2, -0.15) is 0 Å². The van der Waals surface area contributed by atoms with Crippen LogP contribution < -0.4 is 10.1 Å². The molecule has 2 aromatic rings. The summed E-state index contributed by atoms with van der Waals surface area (Å²) in [6.45, 7) is 3.53. The number of rotatable bonds is 10. The van der Waals surface area contributed by atoms with Gasteiger partial charge in [-0.3, -0.25) is 19.8 Å². The van der Waals surface area contributed by atoms with E-state index < -0.39 is 4.92 Å². The molecular formula is C22H27N3O5. The number of nitro benzene ring substituents is 1. The highest BCUT2D eigenvalue weighted by Crippen LogP contribution is 2.47. The summed E-state index contributed by atoms with van der Waals surface area (Å²) >= 11 is 0. The smallest absolute Gasteiger partial charge is 0.271 e. The molecule has 2 fully saturated rings. The van der Waals surface area contributed by atoms with Crippen LogP contribution in [-0.4, -0.2) is 35.4 Å². The first-order valence-corrected chi connectivity index (χ1v) is 10.4. The van der Waals surface area contributed by atoms with E-state index in [1.807, 2.05) is 6.07 Å². The summed E-state index contributed by atoms with van der Waals surface area (Å²) < 4.78 is 11.2. The van der Waals surface area contributed by atoms with Crippen LogP contribution >= 0.6 is 0 Å². The number of non-ortho nitro benzene ring substituents is 1. The van der Waals surface area contributed by atoms with Crippen molar-refractivity contribution in [2.45, 2.75) is 51.1 Å². The molecule has 1 N–H and O–H groups in total. The number of nitrogens with zero attached hydrogens (tertiary/aromatic N) is 2. The predicted octanol–water partition coefficient (Wildman–Crippen LogP) is 4.31. The Labute approximate surface area is 175 Å². The third-order valence-electron chi connectivity index (χ3n) is 5.87. The highest BCUT2D eigenvalue weighted by Gasteiger charge is 2.37. The number of benzene rings is 1. The number of carbonyl (C=O) groups is 1. The average molecular weight is 413 g/mol. The number of ether oxygens (including phenoxy) is 1. The molecule has 2 aliphatic carbocycles. The zero-order valence-electron chi connectivity index (χ0n) is 17.3. The maximum atomic E-state index is 12.5. The summed E-state index contributed by atoms with van der Waals surface area (Å²) in [4.78, 5) is 25.3. The fourth-order valence-corrected chi connectivity index (χ4v) is 3.79. The van der Waals surface area contributed by atoms with Gasteiger partial charge in [0.05, 0.1) is 24.3 Å². The highest BCUT2D eigenvalue weighted by atomic mass is 16.6. The van der Waals surface area contributed by atoms with Gasteiger partial charge >= 0.3 is 0 Å². The van der Waals surface area contributed by atoms with Crippen molar-refractivity contribution in [1.29, 1.82) is 0 Å². The van der Waals surface area contributed by atoms with Crippen LogP contribution in [0.1, 0.15) is 50.0 Å². The molecule has 0 bridgehead atoms. The second-order valence-electron chi connectivity index (χ2n) is 8.27. The largest absolute Gasteiger partial charge is 0.495 e. The number of hydrogen-bond donors (Lipinski definition) is 1. The minimum Gasteiger partial charge on any atom is -0.495 e. The molecule has 1 heterocycles. The Balaban J connectivity index is 1.34. The normalized spacial score (nSPS) is 20.2. The summed E-state index contributed by atoms with van der Waals surface area (Å²) in [6, 6.07) is 8.76. The number of amides is 1. The molecule has 2 unspecified atom stereocenters. The Morgan fingerprint density at radius 3 is 2.73 bits per heavy atom. The first-order valence-electron chi connectivity index (χ1n) is 10.4. The summed E-state index contributed by atoms with van der Waals surface area (Å²) in [6.07, 6.45) is 3.75. The molecule has 4 rings (SSSR count). The lowest BCUT2D eigenvalue weighted by Crippen LogP contribution is -2.29. The summed E-state index contributed by atoms with van der Waals surface area (Å²) in [7, 11) is 1.46. The van der Waals surface area contributed by atoms with Gasteiger partial charge in [-0.1, -0.05) is 6.92 Å². The van der Waals surface area contributed by atoms with Gasteiger partial charge in [-0.25, -0.2) is 0 Å². The minimum atomic E-state index is -0.496. The quantitative estimate of drug-likeness (QED) is 0.460. The fraction of sp³-hybridized carbons (Fsp3) is 0.500. The molecule has 2 aliphatic rings. The number of furan rings is 1. The number of methoxy groups -OCH3 is 1. The van der Waals surface area contributed by atoms with Gasteiger partial charge in [-0.05, 0) is 43.4 Å². The van der Waals surface area contributed by atoms with E-state index in [4.69, 9.17) is 9.15 Å². The van der Waals surface area contributed by atoms with Crippen molar-refractivity contribution in [3.8, 4) is 5.75 Å². The standard InChI is InChI=1S/C22H27N3O5/c1-14-11-18(14)20-8-6-17(30-20)13-24(15-3-4-15)10-9-22(26)23-19-12-16(25(27)28)5-7-21(19)29-2/h5-8,12,14-15,18H,3-4,9-11,13H2,1-2H3,(H,23,26). The van der Waals surface area contributed by atoms with Gasteiger partial charge in [0, 0.05) is 37.1 Å². The van der Waals surface area contributed by atoms with E-state index in [0.29, 0.717) is 42.4 Å². The van der Waals surface area contributed by atoms with Gasteiger partial charge in [0.15, 0.2) is 0 Å². The van der Waals surface area contributed by atoms with E-state index in [-0.39, 0.29) is 18.0 Å². The average Bonchev–Trinajstić information content (AvgIpc) is 3.64. The predicted molar refractivity (Wildman–Crippen MR) is 112 cm³/mol. The van der Waals surface area contributed by atoms with E-state index in [1.54, 1.807) is 0 Å². The van der Waals surface area contributed by atoms with E-state index in [0.717, 1.165) is 24.4 Å². The second kappa shape index (κ2) is 8.47. The molecule has 0 aliphatic heterocycles. The lowest BCUT2D eigenvalue weighted by Gasteiger charge is -2.20. The molecule has 30 heavy (non-hydrogen) atoms. The first kappa shape index (κ1) is 20.4. The Morgan fingerprint density at radius 2 is 2.10 bits per heavy atom. The van der Waals surface area contributed by atoms with Crippen molar-refractivity contribution in [2.24, 2.45) is 5.92 Å². The number of nitrogens with one attached hydrogen (secondary N) is 1. The number of carbonyl (C=O) groups excluding carboxylic acids is 1. The summed E-state index contributed by atoms with van der Waals surface area (Å²) in [5.74, 6) is 3.47. The van der Waals surface area contributed by atoms with Crippen LogP contribution in [0.5, 0.6) is 5.75 Å². The van der Waals surface area contributed by atoms with Crippen LogP contribution in [0.3, 0.4) is 0 Å². The Hall–Kier alpha value is -2.87. The molecule has 0 saturated heterocycles. The van der Waals surface area contributed by atoms with Crippen LogP contribution in [0.4, 0.5) is 11.4 Å². The van der Waals surface area contributed by atoms with Crippen LogP contribution in [0.2, 0.25) is 0 Å². The molecule has 8 nitrogen and oxygen atoms in total. The SMILES string of the molecule is COc1ccc([N+](=O)[O-])cc1NC(=O)CCN(Cc1ccc(C2CC2C)o1)C1CC1. The van der Waals surface area contributed by atoms with Crippen molar-refractivity contribution >= 4 is 17.3 Å². The van der Waals surface area contributed by atoms with E-state index >= 15 is 0 Å². The molecule has 160 valence electrons. The molecule has 2 atom stereocenters. The monoisotopic (exact) mass is 413 g/mol. The first-order chi connectivity index (χ1) is 14.4. The van der Waals surface area contributed by atoms with Crippen LogP contribution in [-0.2, 0) is 11.3 Å². The van der Waals surface area contributed by atoms with Crippen LogP contribution in [0, 0.1) is 16.0 Å². The third kappa shape index (κ3) is 4.81. The van der Waals surface area contributed by atoms with Crippen molar-refractivity contribution in [2.75, 3.05) is 19.0 Å². The van der Waals surface area contributed by atoms with Crippen molar-refractivity contribution in [3.05, 3.63) is 52.0 Å². The lowest BCUT2D eigenvalue weighted by molar-refractivity contribution is -0.384. The Bertz CT molecular complexity index is 937. The molecule has 1 aromatic heterocycles. The van der Waals surface area contributed by atoms with Gasteiger partial charge in [0.1, 0.15) is 17.3 Å². The summed E-state index contributed by atoms with van der Waals surface area (Å²) in [5, 5.41) is 13.8. The van der Waals surface area contributed by atoms with E-state index in [2.05, 4.69) is 23.2 Å². The molecule has 8 heteroatoms. The maximum Gasteiger partial charge on any atom is 0.271 e. The van der Waals surface area contributed by atoms with Crippen molar-refractivity contribution < 1.29 is 18.9 Å². The van der Waals surface area contributed by atoms with Crippen LogP contribution in [0.25, 0.3) is 0 Å². The molecule has 1 aromatic carbocycles. The molecule has 0 spiro atoms. The van der Waals surface area contributed by atoms with Gasteiger partial charge in [-0.15, -0.1) is 0 Å². The van der Waals surface area contributed by atoms with E-state index in [9.17, 15) is 14.9 Å². The molecule has 2 saturated carbocycles. The van der Waals surface area contributed by atoms with Gasteiger partial charge < -0.3 is 14.5 Å². The third-order valence-corrected chi connectivity index (χ3v) is 5.87. The van der Waals surface area contributed by atoms with E-state index in [1.165, 1.54) is 31.7 Å². The molecule has 1 amide bonds. The van der Waals surface area contributed by atoms with Crippen molar-refractivity contribution in [1.82, 2.24) is 4.90 Å². The van der Waals surface area contributed by atoms with Crippen molar-refractivity contribution in [3.63, 3.8) is 0 Å². The fourth-order valence-electron chi connectivity index (χ4n) is 3.79. The topological polar surface area (TPSA) is 97.8 Å². The maximum absolute atomic E-state index is 12.5. The Kier molecular flexibility index (Phi) is 5.76. The zero-order chi connectivity index (χ0) is 21.3. The number of nitro groups is 1. The van der Waals surface area contributed by atoms with Crippen LogP contribution in [0.15, 0.2) is 34.7 Å². The highest BCUT2D eigenvalue weighted by molar-refractivity contribution is 5.92. The van der Waals surface area contributed by atoms with Gasteiger partial charge in [0.2, 0.25) is 5.91 Å². The molecule has 0 radical (unpaired) electrons. The minimum absolute atomic E-state index is 0.0932. The number of anilines is 1. The zero-order valence-corrected chi connectivity index (χ0v) is 17.3. The second-order valence-corrected chi connectivity index (χ2v) is 8.27.